The van der Waals surface area contributed by atoms with Gasteiger partial charge in [0, 0.05) is 19.3 Å². The van der Waals surface area contributed by atoms with Crippen molar-refractivity contribution in [1.29, 1.82) is 0 Å². The molecule has 0 aromatic rings. The summed E-state index contributed by atoms with van der Waals surface area (Å²) in [5.41, 5.74) is 0. The predicted molar refractivity (Wildman–Crippen MR) is 312 cm³/mol. The van der Waals surface area contributed by atoms with E-state index in [2.05, 4.69) is 45.1 Å². The monoisotopic (exact) mass is 1010 g/mol. The van der Waals surface area contributed by atoms with Crippen LogP contribution in [0.4, 0.5) is 0 Å². The summed E-state index contributed by atoms with van der Waals surface area (Å²) in [6.07, 6.45) is 73.2. The van der Waals surface area contributed by atoms with Crippen molar-refractivity contribution < 1.29 is 28.6 Å². The molecule has 0 radical (unpaired) electrons. The minimum atomic E-state index is -0.768. The highest BCUT2D eigenvalue weighted by atomic mass is 16.6. The largest absolute Gasteiger partial charge is 0.462 e. The van der Waals surface area contributed by atoms with Gasteiger partial charge in [0.1, 0.15) is 13.2 Å². The maximum atomic E-state index is 12.9. The van der Waals surface area contributed by atoms with Crippen LogP contribution in [0.2, 0.25) is 0 Å². The van der Waals surface area contributed by atoms with E-state index in [4.69, 9.17) is 14.2 Å². The van der Waals surface area contributed by atoms with Crippen LogP contribution in [0, 0.1) is 0 Å². The van der Waals surface area contributed by atoms with E-state index in [1.807, 2.05) is 0 Å². The van der Waals surface area contributed by atoms with E-state index >= 15 is 0 Å². The normalized spacial score (nSPS) is 12.1. The van der Waals surface area contributed by atoms with E-state index in [1.165, 1.54) is 263 Å². The molecule has 0 fully saturated rings. The van der Waals surface area contributed by atoms with Gasteiger partial charge in [0.25, 0.3) is 0 Å². The Morgan fingerprint density at radius 3 is 0.764 bits per heavy atom. The second kappa shape index (κ2) is 61.4. The van der Waals surface area contributed by atoms with Crippen LogP contribution in [0.1, 0.15) is 361 Å². The Morgan fingerprint density at radius 1 is 0.278 bits per heavy atom. The molecular formula is C66H124O6. The summed E-state index contributed by atoms with van der Waals surface area (Å²) in [6.45, 7) is 6.69. The van der Waals surface area contributed by atoms with Gasteiger partial charge in [-0.05, 0) is 44.9 Å². The topological polar surface area (TPSA) is 78.9 Å². The third-order valence-corrected chi connectivity index (χ3v) is 14.7. The Morgan fingerprint density at radius 2 is 0.486 bits per heavy atom. The summed E-state index contributed by atoms with van der Waals surface area (Å²) in [7, 11) is 0. The number of allylic oxidation sites excluding steroid dienone is 4. The van der Waals surface area contributed by atoms with Crippen molar-refractivity contribution in [2.24, 2.45) is 0 Å². The quantitative estimate of drug-likeness (QED) is 0.0261. The Balaban J connectivity index is 4.31. The highest BCUT2D eigenvalue weighted by Gasteiger charge is 2.19. The van der Waals surface area contributed by atoms with E-state index in [9.17, 15) is 14.4 Å². The average molecular weight is 1010 g/mol. The molecule has 0 N–H and O–H groups in total. The van der Waals surface area contributed by atoms with Crippen LogP contribution in [0.15, 0.2) is 24.3 Å². The summed E-state index contributed by atoms with van der Waals surface area (Å²) < 4.78 is 17.0. The number of ether oxygens (including phenoxy) is 3. The molecule has 0 aromatic heterocycles. The second-order valence-electron chi connectivity index (χ2n) is 22.1. The van der Waals surface area contributed by atoms with E-state index in [-0.39, 0.29) is 31.1 Å². The van der Waals surface area contributed by atoms with E-state index in [1.54, 1.807) is 0 Å². The van der Waals surface area contributed by atoms with Gasteiger partial charge < -0.3 is 14.2 Å². The fourth-order valence-electron chi connectivity index (χ4n) is 9.85. The molecule has 0 saturated carbocycles. The van der Waals surface area contributed by atoms with Gasteiger partial charge in [0.2, 0.25) is 0 Å². The first-order valence-electron chi connectivity index (χ1n) is 32.4. The summed E-state index contributed by atoms with van der Waals surface area (Å²) in [5, 5.41) is 0. The van der Waals surface area contributed by atoms with Crippen molar-refractivity contribution in [2.75, 3.05) is 13.2 Å². The molecule has 1 atom stereocenters. The first kappa shape index (κ1) is 69.9. The molecule has 0 aliphatic heterocycles. The third-order valence-electron chi connectivity index (χ3n) is 14.7. The summed E-state index contributed by atoms with van der Waals surface area (Å²) >= 11 is 0. The fraction of sp³-hybridized carbons (Fsp3) is 0.894. The zero-order valence-electron chi connectivity index (χ0n) is 48.7. The van der Waals surface area contributed by atoms with Crippen molar-refractivity contribution in [2.45, 2.75) is 367 Å². The first-order chi connectivity index (χ1) is 35.5. The van der Waals surface area contributed by atoms with Crippen LogP contribution in [0.3, 0.4) is 0 Å². The van der Waals surface area contributed by atoms with Gasteiger partial charge in [0.15, 0.2) is 6.10 Å². The molecule has 0 aliphatic rings. The van der Waals surface area contributed by atoms with Crippen molar-refractivity contribution in [1.82, 2.24) is 0 Å². The van der Waals surface area contributed by atoms with Crippen molar-refractivity contribution in [3.8, 4) is 0 Å². The molecule has 0 rings (SSSR count). The molecule has 0 aromatic carbocycles. The molecule has 1 unspecified atom stereocenters. The lowest BCUT2D eigenvalue weighted by Gasteiger charge is -2.18. The lowest BCUT2D eigenvalue weighted by molar-refractivity contribution is -0.167. The molecule has 6 nitrogen and oxygen atoms in total. The molecule has 72 heavy (non-hydrogen) atoms. The van der Waals surface area contributed by atoms with Crippen molar-refractivity contribution in [3.05, 3.63) is 24.3 Å². The molecule has 0 heterocycles. The number of carbonyl (C=O) groups is 3. The molecule has 0 saturated heterocycles. The predicted octanol–water partition coefficient (Wildman–Crippen LogP) is 21.8. The molecule has 424 valence electrons. The van der Waals surface area contributed by atoms with Gasteiger partial charge in [-0.3, -0.25) is 14.4 Å². The molecule has 0 aliphatic carbocycles. The molecule has 0 bridgehead atoms. The minimum absolute atomic E-state index is 0.0657. The zero-order chi connectivity index (χ0) is 52.2. The second-order valence-corrected chi connectivity index (χ2v) is 22.1. The molecular weight excluding hydrogens is 889 g/mol. The van der Waals surface area contributed by atoms with Gasteiger partial charge >= 0.3 is 17.9 Å². The highest BCUT2D eigenvalue weighted by molar-refractivity contribution is 5.71. The highest BCUT2D eigenvalue weighted by Crippen LogP contribution is 2.18. The van der Waals surface area contributed by atoms with E-state index < -0.39 is 6.10 Å². The summed E-state index contributed by atoms with van der Waals surface area (Å²) in [4.78, 5) is 38.3. The van der Waals surface area contributed by atoms with Crippen molar-refractivity contribution in [3.63, 3.8) is 0 Å². The fourth-order valence-corrected chi connectivity index (χ4v) is 9.85. The number of rotatable bonds is 60. The Hall–Kier alpha value is -2.11. The lowest BCUT2D eigenvalue weighted by Crippen LogP contribution is -2.30. The van der Waals surface area contributed by atoms with Crippen LogP contribution in [-0.2, 0) is 28.6 Å². The first-order valence-corrected chi connectivity index (χ1v) is 32.4. The zero-order valence-corrected chi connectivity index (χ0v) is 48.7. The van der Waals surface area contributed by atoms with Gasteiger partial charge in [-0.2, -0.15) is 0 Å². The smallest absolute Gasteiger partial charge is 0.306 e. The molecule has 0 amide bonds. The minimum Gasteiger partial charge on any atom is -0.462 e. The van der Waals surface area contributed by atoms with Crippen LogP contribution >= 0.6 is 0 Å². The third kappa shape index (κ3) is 58.8. The van der Waals surface area contributed by atoms with Crippen LogP contribution in [-0.4, -0.2) is 37.2 Å². The molecule has 0 spiro atoms. The maximum absolute atomic E-state index is 12.9. The van der Waals surface area contributed by atoms with Crippen molar-refractivity contribution >= 4 is 17.9 Å². The van der Waals surface area contributed by atoms with Crippen LogP contribution in [0.5, 0.6) is 0 Å². The standard InChI is InChI=1S/C66H124O6/c1-4-7-10-13-16-19-22-25-28-31-33-35-38-41-44-47-50-53-56-59-65(68)71-62-63(61-70-64(67)58-55-52-49-46-43-40-37-30-27-24-21-18-15-12-9-6-3)72-66(69)60-57-54-51-48-45-42-39-36-34-32-29-26-23-20-17-14-11-8-5-2/h16,19,22,25,63H,4-15,17-18,20-21,23-24,26-62H2,1-3H3/b19-16-,25-22-. The number of hydrogen-bond acceptors (Lipinski definition) is 6. The van der Waals surface area contributed by atoms with Gasteiger partial charge in [-0.15, -0.1) is 0 Å². The summed E-state index contributed by atoms with van der Waals surface area (Å²) in [6, 6.07) is 0. The van der Waals surface area contributed by atoms with Gasteiger partial charge in [-0.25, -0.2) is 0 Å². The Bertz CT molecular complexity index is 1160. The van der Waals surface area contributed by atoms with E-state index in [0.717, 1.165) is 57.8 Å². The SMILES string of the molecule is CCCCC/C=C\C=C/CCCCCCCCCCCCC(=O)OCC(COC(=O)CCCCCCCCCCCCCCCCCC)OC(=O)CCCCCCCCCCCCCCCCCCCCC. The Labute approximate surface area is 449 Å². The lowest BCUT2D eigenvalue weighted by atomic mass is 10.0. The number of unbranched alkanes of at least 4 members (excludes halogenated alkanes) is 46. The number of hydrogen-bond donors (Lipinski definition) is 0. The van der Waals surface area contributed by atoms with E-state index in [0.29, 0.717) is 19.3 Å². The number of esters is 3. The summed E-state index contributed by atoms with van der Waals surface area (Å²) in [5.74, 6) is -0.839. The molecule has 6 heteroatoms. The Kier molecular flexibility index (Phi) is 59.6. The maximum Gasteiger partial charge on any atom is 0.306 e. The van der Waals surface area contributed by atoms with Crippen LogP contribution in [0.25, 0.3) is 0 Å². The number of carbonyl (C=O) groups excluding carboxylic acids is 3. The van der Waals surface area contributed by atoms with Crippen LogP contribution < -0.4 is 0 Å². The van der Waals surface area contributed by atoms with Gasteiger partial charge in [0.05, 0.1) is 0 Å². The van der Waals surface area contributed by atoms with Gasteiger partial charge in [-0.1, -0.05) is 321 Å². The average Bonchev–Trinajstić information content (AvgIpc) is 3.38.